The van der Waals surface area contributed by atoms with Crippen LogP contribution in [0.25, 0.3) is 0 Å². The minimum absolute atomic E-state index is 0.0164. The smallest absolute Gasteiger partial charge is 0.380 e. The molecule has 160 valence electrons. The first-order chi connectivity index (χ1) is 14.7. The molecular weight excluding hydrogens is 409 g/mol. The second kappa shape index (κ2) is 10.1. The molecule has 0 aliphatic heterocycles. The number of carbonyl (C=O) groups is 1. The van der Waals surface area contributed by atoms with Crippen LogP contribution in [0.2, 0.25) is 0 Å². The van der Waals surface area contributed by atoms with E-state index in [0.717, 1.165) is 18.5 Å². The van der Waals surface area contributed by atoms with E-state index in [-0.39, 0.29) is 23.4 Å². The summed E-state index contributed by atoms with van der Waals surface area (Å²) in [6.07, 6.45) is 1.72. The highest BCUT2D eigenvalue weighted by Crippen LogP contribution is 2.31. The van der Waals surface area contributed by atoms with Gasteiger partial charge in [-0.1, -0.05) is 12.7 Å². The molecule has 0 aromatic carbocycles. The average Bonchev–Trinajstić information content (AvgIpc) is 2.71. The molecule has 0 saturated carbocycles. The van der Waals surface area contributed by atoms with E-state index in [1.54, 1.807) is 6.92 Å². The van der Waals surface area contributed by atoms with Gasteiger partial charge >= 0.3 is 6.18 Å². The summed E-state index contributed by atoms with van der Waals surface area (Å²) in [5.74, 6) is -0.439. The van der Waals surface area contributed by atoms with Gasteiger partial charge in [-0.25, -0.2) is 4.98 Å². The predicted octanol–water partition coefficient (Wildman–Crippen LogP) is 3.40. The molecule has 4 N–H and O–H groups in total. The Kier molecular flexibility index (Phi) is 7.52. The number of primary amides is 1. The van der Waals surface area contributed by atoms with Gasteiger partial charge in [-0.2, -0.15) is 18.4 Å². The number of nitrogens with zero attached hydrogens (tertiary/aromatic N) is 3. The SMILES string of the molecule is C=C/C(C(N)=O)=C(\C=C(/C)Nc1cc(C#N)ccn1)NCc1cnccc1C(F)(F)F. The van der Waals surface area contributed by atoms with E-state index in [0.29, 0.717) is 17.1 Å². The summed E-state index contributed by atoms with van der Waals surface area (Å²) in [5, 5.41) is 14.7. The summed E-state index contributed by atoms with van der Waals surface area (Å²) in [4.78, 5) is 19.6. The van der Waals surface area contributed by atoms with Crippen molar-refractivity contribution in [3.05, 3.63) is 89.2 Å². The summed E-state index contributed by atoms with van der Waals surface area (Å²) in [6, 6.07) is 5.91. The molecule has 0 saturated heterocycles. The normalized spacial score (nSPS) is 12.4. The maximum Gasteiger partial charge on any atom is 0.416 e. The molecule has 0 radical (unpaired) electrons. The third kappa shape index (κ3) is 6.43. The fraction of sp³-hybridized carbons (Fsp3) is 0.143. The van der Waals surface area contributed by atoms with Crippen LogP contribution >= 0.6 is 0 Å². The van der Waals surface area contributed by atoms with Crippen molar-refractivity contribution in [2.75, 3.05) is 5.32 Å². The maximum atomic E-state index is 13.2. The molecule has 0 fully saturated rings. The van der Waals surface area contributed by atoms with Gasteiger partial charge in [-0.15, -0.1) is 0 Å². The molecule has 0 unspecified atom stereocenters. The monoisotopic (exact) mass is 428 g/mol. The molecule has 2 rings (SSSR count). The van der Waals surface area contributed by atoms with Crippen LogP contribution in [-0.2, 0) is 17.5 Å². The molecule has 31 heavy (non-hydrogen) atoms. The molecule has 10 heteroatoms. The first-order valence-corrected chi connectivity index (χ1v) is 8.87. The number of anilines is 1. The first-order valence-electron chi connectivity index (χ1n) is 8.87. The van der Waals surface area contributed by atoms with Crippen LogP contribution in [0.1, 0.15) is 23.6 Å². The lowest BCUT2D eigenvalue weighted by atomic mass is 10.1. The van der Waals surface area contributed by atoms with E-state index in [2.05, 4.69) is 27.2 Å². The minimum atomic E-state index is -4.56. The van der Waals surface area contributed by atoms with Gasteiger partial charge < -0.3 is 16.4 Å². The third-order valence-corrected chi connectivity index (χ3v) is 4.01. The Morgan fingerprint density at radius 1 is 1.35 bits per heavy atom. The van der Waals surface area contributed by atoms with E-state index >= 15 is 0 Å². The second-order valence-electron chi connectivity index (χ2n) is 6.27. The van der Waals surface area contributed by atoms with Gasteiger partial charge in [0.05, 0.1) is 22.8 Å². The fourth-order valence-electron chi connectivity index (χ4n) is 2.63. The van der Waals surface area contributed by atoms with Gasteiger partial charge in [0.25, 0.3) is 5.91 Å². The average molecular weight is 428 g/mol. The van der Waals surface area contributed by atoms with E-state index in [1.807, 2.05) is 6.07 Å². The van der Waals surface area contributed by atoms with Crippen molar-refractivity contribution in [2.45, 2.75) is 19.6 Å². The number of nitrogens with two attached hydrogens (primary N) is 1. The molecule has 0 spiro atoms. The Morgan fingerprint density at radius 2 is 2.10 bits per heavy atom. The Balaban J connectivity index is 2.35. The van der Waals surface area contributed by atoms with Crippen molar-refractivity contribution >= 4 is 11.7 Å². The topological polar surface area (TPSA) is 117 Å². The zero-order chi connectivity index (χ0) is 23.0. The van der Waals surface area contributed by atoms with E-state index in [1.165, 1.54) is 30.5 Å². The van der Waals surface area contributed by atoms with E-state index in [9.17, 15) is 18.0 Å². The van der Waals surface area contributed by atoms with Gasteiger partial charge in [-0.05, 0) is 31.2 Å². The number of nitriles is 1. The largest absolute Gasteiger partial charge is 0.416 e. The lowest BCUT2D eigenvalue weighted by molar-refractivity contribution is -0.138. The van der Waals surface area contributed by atoms with Crippen molar-refractivity contribution < 1.29 is 18.0 Å². The maximum absolute atomic E-state index is 13.2. The van der Waals surface area contributed by atoms with Gasteiger partial charge in [0.1, 0.15) is 5.82 Å². The number of rotatable bonds is 8. The van der Waals surface area contributed by atoms with Gasteiger partial charge in [0.15, 0.2) is 0 Å². The van der Waals surface area contributed by atoms with E-state index in [4.69, 9.17) is 11.0 Å². The molecule has 0 atom stereocenters. The zero-order valence-electron chi connectivity index (χ0n) is 16.5. The van der Waals surface area contributed by atoms with Crippen LogP contribution in [0, 0.1) is 11.3 Å². The summed E-state index contributed by atoms with van der Waals surface area (Å²) >= 11 is 0. The molecule has 2 heterocycles. The number of alkyl halides is 3. The Hall–Kier alpha value is -4.13. The number of allylic oxidation sites excluding steroid dienone is 2. The van der Waals surface area contributed by atoms with Crippen LogP contribution in [-0.4, -0.2) is 15.9 Å². The number of aromatic nitrogens is 2. The summed E-state index contributed by atoms with van der Waals surface area (Å²) in [7, 11) is 0. The van der Waals surface area contributed by atoms with Crippen molar-refractivity contribution in [2.24, 2.45) is 5.73 Å². The number of hydrogen-bond acceptors (Lipinski definition) is 6. The van der Waals surface area contributed by atoms with Crippen LogP contribution in [0.15, 0.2) is 72.5 Å². The highest BCUT2D eigenvalue weighted by atomic mass is 19.4. The summed E-state index contributed by atoms with van der Waals surface area (Å²) in [5.41, 5.74) is 5.44. The number of hydrogen-bond donors (Lipinski definition) is 3. The zero-order valence-corrected chi connectivity index (χ0v) is 16.5. The molecule has 0 aliphatic carbocycles. The van der Waals surface area contributed by atoms with Crippen LogP contribution in [0.5, 0.6) is 0 Å². The lowest BCUT2D eigenvalue weighted by Gasteiger charge is -2.16. The molecule has 0 aliphatic rings. The van der Waals surface area contributed by atoms with Crippen molar-refractivity contribution in [1.29, 1.82) is 5.26 Å². The first kappa shape index (κ1) is 23.2. The molecule has 7 nitrogen and oxygen atoms in total. The second-order valence-corrected chi connectivity index (χ2v) is 6.27. The summed E-state index contributed by atoms with van der Waals surface area (Å²) in [6.45, 7) is 4.92. The van der Waals surface area contributed by atoms with Crippen molar-refractivity contribution in [1.82, 2.24) is 15.3 Å². The quantitative estimate of drug-likeness (QED) is 0.438. The lowest BCUT2D eigenvalue weighted by Crippen LogP contribution is -2.23. The van der Waals surface area contributed by atoms with Crippen LogP contribution < -0.4 is 16.4 Å². The van der Waals surface area contributed by atoms with E-state index < -0.39 is 17.6 Å². The highest BCUT2D eigenvalue weighted by Gasteiger charge is 2.33. The predicted molar refractivity (Wildman–Crippen MR) is 109 cm³/mol. The number of carbonyl (C=O) groups excluding carboxylic acids is 1. The van der Waals surface area contributed by atoms with Gasteiger partial charge in [0.2, 0.25) is 0 Å². The third-order valence-electron chi connectivity index (χ3n) is 4.01. The number of amides is 1. The Bertz CT molecular complexity index is 1080. The summed E-state index contributed by atoms with van der Waals surface area (Å²) < 4.78 is 39.7. The molecule has 2 aromatic heterocycles. The molecular formula is C21H19F3N6O. The molecule has 2 aromatic rings. The Morgan fingerprint density at radius 3 is 2.71 bits per heavy atom. The molecule has 0 bridgehead atoms. The standard InChI is InChI=1S/C21H19F3N6O/c1-3-16(20(26)31)18(8-13(2)30-19-9-14(10-25)4-7-28-19)29-12-15-11-27-6-5-17(15)21(22,23)24/h3-9,11,29H,1,12H2,2H3,(H2,26,31)(H,28,30)/b13-8+,18-16-. The van der Waals surface area contributed by atoms with Gasteiger partial charge in [0, 0.05) is 42.1 Å². The fourth-order valence-corrected chi connectivity index (χ4v) is 2.63. The Labute approximate surface area is 176 Å². The highest BCUT2D eigenvalue weighted by molar-refractivity contribution is 5.96. The molecule has 1 amide bonds. The van der Waals surface area contributed by atoms with Crippen molar-refractivity contribution in [3.63, 3.8) is 0 Å². The minimum Gasteiger partial charge on any atom is -0.380 e. The number of pyridine rings is 2. The number of nitrogens with one attached hydrogen (secondary N) is 2. The van der Waals surface area contributed by atoms with Crippen LogP contribution in [0.4, 0.5) is 19.0 Å². The van der Waals surface area contributed by atoms with Gasteiger partial charge in [-0.3, -0.25) is 9.78 Å². The van der Waals surface area contributed by atoms with Crippen LogP contribution in [0.3, 0.4) is 0 Å². The number of halogens is 3. The van der Waals surface area contributed by atoms with Crippen molar-refractivity contribution in [3.8, 4) is 6.07 Å².